The van der Waals surface area contributed by atoms with Crippen LogP contribution in [0.25, 0.3) is 0 Å². The number of pyridine rings is 1. The molecule has 0 saturated carbocycles. The lowest BCUT2D eigenvalue weighted by atomic mass is 10.1. The van der Waals surface area contributed by atoms with E-state index < -0.39 is 5.92 Å². The van der Waals surface area contributed by atoms with Crippen molar-refractivity contribution in [1.29, 1.82) is 0 Å². The number of methoxy groups -OCH3 is 3. The SMILES string of the molecule is COCCOc1ncccc1NC(=O)C1CC(=O)N(c2ccc(OC)c(OC)c2)C1. The number of hydrogen-bond donors (Lipinski definition) is 1. The summed E-state index contributed by atoms with van der Waals surface area (Å²) in [4.78, 5) is 31.1. The molecule has 0 spiro atoms. The van der Waals surface area contributed by atoms with Crippen LogP contribution in [0.1, 0.15) is 6.42 Å². The van der Waals surface area contributed by atoms with Crippen LogP contribution < -0.4 is 24.4 Å². The number of amides is 2. The van der Waals surface area contributed by atoms with E-state index in [1.54, 1.807) is 55.6 Å². The summed E-state index contributed by atoms with van der Waals surface area (Å²) in [6.45, 7) is 0.979. The van der Waals surface area contributed by atoms with E-state index in [0.717, 1.165) is 0 Å². The molecule has 0 radical (unpaired) electrons. The molecule has 1 saturated heterocycles. The lowest BCUT2D eigenvalue weighted by Crippen LogP contribution is -2.28. The van der Waals surface area contributed by atoms with Crippen LogP contribution in [-0.4, -0.2) is 57.9 Å². The van der Waals surface area contributed by atoms with Crippen molar-refractivity contribution in [1.82, 2.24) is 4.98 Å². The van der Waals surface area contributed by atoms with Gasteiger partial charge in [-0.15, -0.1) is 0 Å². The Morgan fingerprint density at radius 3 is 2.70 bits per heavy atom. The summed E-state index contributed by atoms with van der Waals surface area (Å²) in [6.07, 6.45) is 1.69. The van der Waals surface area contributed by atoms with Gasteiger partial charge in [0.1, 0.15) is 12.3 Å². The monoisotopic (exact) mass is 415 g/mol. The molecule has 1 unspecified atom stereocenters. The molecular weight excluding hydrogens is 390 g/mol. The molecule has 1 fully saturated rings. The number of carbonyl (C=O) groups excluding carboxylic acids is 2. The van der Waals surface area contributed by atoms with E-state index in [-0.39, 0.29) is 24.8 Å². The fourth-order valence-electron chi connectivity index (χ4n) is 3.18. The van der Waals surface area contributed by atoms with Crippen LogP contribution >= 0.6 is 0 Å². The second-order valence-electron chi connectivity index (χ2n) is 6.63. The smallest absolute Gasteiger partial charge is 0.237 e. The first-order chi connectivity index (χ1) is 14.6. The van der Waals surface area contributed by atoms with Crippen molar-refractivity contribution in [3.63, 3.8) is 0 Å². The zero-order chi connectivity index (χ0) is 21.5. The molecule has 3 rings (SSSR count). The second-order valence-corrected chi connectivity index (χ2v) is 6.63. The molecule has 0 aliphatic carbocycles. The number of rotatable bonds is 9. The summed E-state index contributed by atoms with van der Waals surface area (Å²) in [6, 6.07) is 8.63. The van der Waals surface area contributed by atoms with Crippen molar-refractivity contribution >= 4 is 23.2 Å². The quantitative estimate of drug-likeness (QED) is 0.626. The van der Waals surface area contributed by atoms with E-state index in [2.05, 4.69) is 10.3 Å². The second kappa shape index (κ2) is 9.93. The van der Waals surface area contributed by atoms with Crippen LogP contribution in [0.15, 0.2) is 36.5 Å². The Hall–Kier alpha value is -3.33. The standard InChI is InChI=1S/C21H25N3O6/c1-27-9-10-30-21-16(5-4-8-22-21)23-20(26)14-11-19(25)24(13-14)15-6-7-17(28-2)18(12-15)29-3/h4-8,12,14H,9-11,13H2,1-3H3,(H,23,26). The summed E-state index contributed by atoms with van der Waals surface area (Å²) >= 11 is 0. The summed E-state index contributed by atoms with van der Waals surface area (Å²) < 4.78 is 21.0. The van der Waals surface area contributed by atoms with Crippen LogP contribution in [0.3, 0.4) is 0 Å². The highest BCUT2D eigenvalue weighted by atomic mass is 16.5. The minimum absolute atomic E-state index is 0.111. The lowest BCUT2D eigenvalue weighted by Gasteiger charge is -2.19. The zero-order valence-electron chi connectivity index (χ0n) is 17.2. The Labute approximate surface area is 174 Å². The number of ether oxygens (including phenoxy) is 4. The van der Waals surface area contributed by atoms with Crippen molar-refractivity contribution in [2.75, 3.05) is 51.3 Å². The summed E-state index contributed by atoms with van der Waals surface area (Å²) in [5, 5.41) is 2.82. The van der Waals surface area contributed by atoms with E-state index in [1.165, 1.54) is 7.11 Å². The molecule has 1 aliphatic heterocycles. The molecule has 9 heteroatoms. The number of anilines is 2. The number of nitrogens with zero attached hydrogens (tertiary/aromatic N) is 2. The lowest BCUT2D eigenvalue weighted by molar-refractivity contribution is -0.122. The zero-order valence-corrected chi connectivity index (χ0v) is 17.2. The van der Waals surface area contributed by atoms with Gasteiger partial charge in [-0.05, 0) is 24.3 Å². The molecule has 1 aliphatic rings. The molecule has 2 heterocycles. The van der Waals surface area contributed by atoms with Crippen molar-refractivity contribution in [2.24, 2.45) is 5.92 Å². The average molecular weight is 415 g/mol. The van der Waals surface area contributed by atoms with Gasteiger partial charge >= 0.3 is 0 Å². The van der Waals surface area contributed by atoms with Gasteiger partial charge in [-0.25, -0.2) is 4.98 Å². The Morgan fingerprint density at radius 1 is 1.17 bits per heavy atom. The highest BCUT2D eigenvalue weighted by Gasteiger charge is 2.35. The normalized spacial score (nSPS) is 15.8. The van der Waals surface area contributed by atoms with E-state index in [0.29, 0.717) is 42.0 Å². The number of hydrogen-bond acceptors (Lipinski definition) is 7. The first kappa shape index (κ1) is 21.4. The van der Waals surface area contributed by atoms with E-state index in [4.69, 9.17) is 18.9 Å². The van der Waals surface area contributed by atoms with Crippen LogP contribution in [0.4, 0.5) is 11.4 Å². The van der Waals surface area contributed by atoms with Crippen LogP contribution in [-0.2, 0) is 14.3 Å². The topological polar surface area (TPSA) is 99.2 Å². The van der Waals surface area contributed by atoms with Crippen molar-refractivity contribution < 1.29 is 28.5 Å². The minimum Gasteiger partial charge on any atom is -0.493 e. The summed E-state index contributed by atoms with van der Waals surface area (Å²) in [5.74, 6) is 0.492. The number of benzene rings is 1. The fraction of sp³-hybridized carbons (Fsp3) is 0.381. The Bertz CT molecular complexity index is 904. The maximum Gasteiger partial charge on any atom is 0.237 e. The molecule has 1 aromatic heterocycles. The third kappa shape index (κ3) is 4.80. The van der Waals surface area contributed by atoms with Crippen molar-refractivity contribution in [3.05, 3.63) is 36.5 Å². The summed E-state index contributed by atoms with van der Waals surface area (Å²) in [5.41, 5.74) is 1.11. The molecule has 160 valence electrons. The highest BCUT2D eigenvalue weighted by molar-refractivity contribution is 6.04. The van der Waals surface area contributed by atoms with Crippen molar-refractivity contribution in [3.8, 4) is 17.4 Å². The molecule has 1 aromatic carbocycles. The minimum atomic E-state index is -0.502. The maximum atomic E-state index is 12.8. The third-order valence-corrected chi connectivity index (χ3v) is 4.73. The van der Waals surface area contributed by atoms with Crippen LogP contribution in [0.5, 0.6) is 17.4 Å². The predicted octanol–water partition coefficient (Wildman–Crippen LogP) is 2.12. The molecule has 2 aromatic rings. The Kier molecular flexibility index (Phi) is 7.08. The predicted molar refractivity (Wildman–Crippen MR) is 110 cm³/mol. The van der Waals surface area contributed by atoms with Gasteiger partial charge in [0.05, 0.1) is 26.7 Å². The molecule has 1 N–H and O–H groups in total. The van der Waals surface area contributed by atoms with Gasteiger partial charge in [0.25, 0.3) is 0 Å². The van der Waals surface area contributed by atoms with E-state index in [1.807, 2.05) is 0 Å². The number of carbonyl (C=O) groups is 2. The maximum absolute atomic E-state index is 12.8. The first-order valence-electron chi connectivity index (χ1n) is 9.47. The third-order valence-electron chi connectivity index (χ3n) is 4.73. The highest BCUT2D eigenvalue weighted by Crippen LogP contribution is 2.34. The molecule has 0 bridgehead atoms. The molecular formula is C21H25N3O6. The molecule has 1 atom stereocenters. The van der Waals surface area contributed by atoms with Crippen LogP contribution in [0, 0.1) is 5.92 Å². The molecule has 30 heavy (non-hydrogen) atoms. The molecule has 9 nitrogen and oxygen atoms in total. The van der Waals surface area contributed by atoms with E-state index in [9.17, 15) is 9.59 Å². The van der Waals surface area contributed by atoms with Gasteiger partial charge in [-0.2, -0.15) is 0 Å². The molecule has 2 amide bonds. The number of nitrogens with one attached hydrogen (secondary N) is 1. The van der Waals surface area contributed by atoms with Gasteiger partial charge in [0.2, 0.25) is 17.7 Å². The average Bonchev–Trinajstić information content (AvgIpc) is 3.16. The van der Waals surface area contributed by atoms with Gasteiger partial charge < -0.3 is 29.2 Å². The summed E-state index contributed by atoms with van der Waals surface area (Å²) in [7, 11) is 4.65. The number of aromatic nitrogens is 1. The van der Waals surface area contributed by atoms with Crippen molar-refractivity contribution in [2.45, 2.75) is 6.42 Å². The van der Waals surface area contributed by atoms with E-state index >= 15 is 0 Å². The fourth-order valence-corrected chi connectivity index (χ4v) is 3.18. The van der Waals surface area contributed by atoms with Gasteiger partial charge in [0, 0.05) is 38.0 Å². The van der Waals surface area contributed by atoms with Gasteiger partial charge in [-0.3, -0.25) is 9.59 Å². The van der Waals surface area contributed by atoms with Crippen LogP contribution in [0.2, 0.25) is 0 Å². The Morgan fingerprint density at radius 2 is 1.97 bits per heavy atom. The van der Waals surface area contributed by atoms with Gasteiger partial charge in [-0.1, -0.05) is 0 Å². The van der Waals surface area contributed by atoms with Gasteiger partial charge in [0.15, 0.2) is 11.5 Å². The largest absolute Gasteiger partial charge is 0.493 e. The first-order valence-corrected chi connectivity index (χ1v) is 9.47. The Balaban J connectivity index is 1.69.